The molecule has 1 heterocycles. The maximum atomic E-state index is 6.21. The normalized spacial score (nSPS) is 11.4. The number of halogens is 1. The number of nitrogens with one attached hydrogen (secondary N) is 2. The summed E-state index contributed by atoms with van der Waals surface area (Å²) in [5.41, 5.74) is 5.54. The van der Waals surface area contributed by atoms with Gasteiger partial charge in [0, 0.05) is 11.4 Å². The van der Waals surface area contributed by atoms with Crippen LogP contribution in [-0.4, -0.2) is 15.0 Å². The molecule has 5 aromatic carbocycles. The van der Waals surface area contributed by atoms with Crippen LogP contribution in [0.25, 0.3) is 10.8 Å². The minimum Gasteiger partial charge on any atom is -0.324 e. The minimum absolute atomic E-state index is 0.0572. The molecule has 0 radical (unpaired) electrons. The summed E-state index contributed by atoms with van der Waals surface area (Å²) in [5.74, 6) is 0.606. The second-order valence-corrected chi connectivity index (χ2v) is 9.65. The van der Waals surface area contributed by atoms with Gasteiger partial charge in [-0.05, 0) is 102 Å². The van der Waals surface area contributed by atoms with Crippen LogP contribution in [0.2, 0.25) is 5.28 Å². The first-order valence-corrected chi connectivity index (χ1v) is 13.5. The topological polar surface area (TPSA) is 112 Å². The number of azo groups is 2. The highest BCUT2D eigenvalue weighted by molar-refractivity contribution is 6.28. The van der Waals surface area contributed by atoms with Gasteiger partial charge in [-0.3, -0.25) is 0 Å². The Kier molecular flexibility index (Phi) is 7.82. The van der Waals surface area contributed by atoms with E-state index >= 15 is 0 Å². The van der Waals surface area contributed by atoms with Crippen molar-refractivity contribution >= 4 is 68.4 Å². The number of nitrogens with zero attached hydrogens (tertiary/aromatic N) is 7. The maximum absolute atomic E-state index is 6.21. The third kappa shape index (κ3) is 6.78. The zero-order chi connectivity index (χ0) is 28.7. The molecule has 0 unspecified atom stereocenters. The zero-order valence-electron chi connectivity index (χ0n) is 22.5. The van der Waals surface area contributed by atoms with Gasteiger partial charge >= 0.3 is 0 Å². The van der Waals surface area contributed by atoms with Crippen molar-refractivity contribution in [2.45, 2.75) is 6.92 Å². The standard InChI is InChI=1S/C32H24ClN9/c1-21-19-27(41-42-28-12-11-22-7-5-6-8-23(22)20-28)17-18-29(21)35-32-37-30(33)36-31(38-32)34-24-13-15-26(16-14-24)40-39-25-9-3-2-4-10-25/h2-20H,1H3,(H2,34,35,36,37,38). The minimum atomic E-state index is 0.0572. The third-order valence-corrected chi connectivity index (χ3v) is 6.41. The highest BCUT2D eigenvalue weighted by Crippen LogP contribution is 2.28. The van der Waals surface area contributed by atoms with E-state index in [2.05, 4.69) is 58.2 Å². The smallest absolute Gasteiger partial charge is 0.233 e. The van der Waals surface area contributed by atoms with Crippen molar-refractivity contribution in [3.63, 3.8) is 0 Å². The number of hydrogen-bond acceptors (Lipinski definition) is 9. The number of hydrogen-bond donors (Lipinski definition) is 2. The van der Waals surface area contributed by atoms with Crippen molar-refractivity contribution in [2.75, 3.05) is 10.6 Å². The average Bonchev–Trinajstić information content (AvgIpc) is 3.01. The van der Waals surface area contributed by atoms with Crippen LogP contribution in [-0.2, 0) is 0 Å². The lowest BCUT2D eigenvalue weighted by atomic mass is 10.1. The largest absolute Gasteiger partial charge is 0.324 e. The van der Waals surface area contributed by atoms with Gasteiger partial charge in [-0.25, -0.2) is 0 Å². The second-order valence-electron chi connectivity index (χ2n) is 9.31. The number of benzene rings is 5. The summed E-state index contributed by atoms with van der Waals surface area (Å²) in [4.78, 5) is 12.9. The van der Waals surface area contributed by atoms with E-state index < -0.39 is 0 Å². The SMILES string of the molecule is Cc1cc(N=Nc2ccc3ccccc3c2)ccc1Nc1nc(Cl)nc(Nc2ccc(N=Nc3ccccc3)cc2)n1. The zero-order valence-corrected chi connectivity index (χ0v) is 23.2. The Morgan fingerprint density at radius 2 is 1.10 bits per heavy atom. The average molecular weight is 570 g/mol. The fourth-order valence-electron chi connectivity index (χ4n) is 4.14. The van der Waals surface area contributed by atoms with E-state index in [-0.39, 0.29) is 5.28 Å². The number of fused-ring (bicyclic) bond motifs is 1. The highest BCUT2D eigenvalue weighted by Gasteiger charge is 2.08. The molecule has 6 aromatic rings. The lowest BCUT2D eigenvalue weighted by Gasteiger charge is -2.10. The van der Waals surface area contributed by atoms with Crippen molar-refractivity contribution in [3.05, 3.63) is 126 Å². The van der Waals surface area contributed by atoms with Crippen LogP contribution < -0.4 is 10.6 Å². The molecule has 0 aliphatic rings. The number of rotatable bonds is 8. The van der Waals surface area contributed by atoms with E-state index in [0.29, 0.717) is 11.9 Å². The molecular formula is C32H24ClN9. The summed E-state index contributed by atoms with van der Waals surface area (Å²) in [6.45, 7) is 1.97. The summed E-state index contributed by atoms with van der Waals surface area (Å²) in [7, 11) is 0. The third-order valence-electron chi connectivity index (χ3n) is 6.24. The Labute approximate surface area is 247 Å². The molecule has 6 rings (SSSR count). The van der Waals surface area contributed by atoms with E-state index in [9.17, 15) is 0 Å². The van der Waals surface area contributed by atoms with Crippen LogP contribution in [0.4, 0.5) is 46.0 Å². The molecule has 0 fully saturated rings. The van der Waals surface area contributed by atoms with E-state index in [1.807, 2.05) is 110 Å². The molecular weight excluding hydrogens is 546 g/mol. The first-order chi connectivity index (χ1) is 20.6. The van der Waals surface area contributed by atoms with Crippen molar-refractivity contribution in [2.24, 2.45) is 20.5 Å². The maximum Gasteiger partial charge on any atom is 0.233 e. The first-order valence-electron chi connectivity index (χ1n) is 13.1. The van der Waals surface area contributed by atoms with Crippen LogP contribution in [0.5, 0.6) is 0 Å². The summed E-state index contributed by atoms with van der Waals surface area (Å²) < 4.78 is 0. The molecule has 9 nitrogen and oxygen atoms in total. The summed E-state index contributed by atoms with van der Waals surface area (Å²) in [6.07, 6.45) is 0. The van der Waals surface area contributed by atoms with Gasteiger partial charge in [0.15, 0.2) is 0 Å². The van der Waals surface area contributed by atoms with Gasteiger partial charge in [-0.15, -0.1) is 0 Å². The molecule has 1 aromatic heterocycles. The van der Waals surface area contributed by atoms with Crippen molar-refractivity contribution in [3.8, 4) is 0 Å². The Morgan fingerprint density at radius 1 is 0.524 bits per heavy atom. The number of anilines is 4. The van der Waals surface area contributed by atoms with Gasteiger partial charge < -0.3 is 10.6 Å². The number of aryl methyl sites for hydroxylation is 1. The summed E-state index contributed by atoms with van der Waals surface area (Å²) >= 11 is 6.21. The highest BCUT2D eigenvalue weighted by atomic mass is 35.5. The molecule has 204 valence electrons. The Hall–Kier alpha value is -5.54. The van der Waals surface area contributed by atoms with Crippen LogP contribution >= 0.6 is 11.6 Å². The quantitative estimate of drug-likeness (QED) is 0.177. The second kappa shape index (κ2) is 12.3. The van der Waals surface area contributed by atoms with Crippen molar-refractivity contribution in [1.29, 1.82) is 0 Å². The first kappa shape index (κ1) is 26.7. The molecule has 0 aliphatic carbocycles. The molecule has 2 N–H and O–H groups in total. The summed E-state index contributed by atoms with van der Waals surface area (Å²) in [5, 5.41) is 26.0. The van der Waals surface area contributed by atoms with Crippen LogP contribution in [0, 0.1) is 6.92 Å². The Balaban J connectivity index is 1.12. The molecule has 0 spiro atoms. The van der Waals surface area contributed by atoms with Gasteiger partial charge in [-0.2, -0.15) is 35.4 Å². The molecule has 0 amide bonds. The monoisotopic (exact) mass is 569 g/mol. The number of aromatic nitrogens is 3. The van der Waals surface area contributed by atoms with E-state index in [1.54, 1.807) is 0 Å². The predicted octanol–water partition coefficient (Wildman–Crippen LogP) is 10.3. The lowest BCUT2D eigenvalue weighted by Crippen LogP contribution is -2.04. The fraction of sp³-hybridized carbons (Fsp3) is 0.0312. The molecule has 0 saturated carbocycles. The Morgan fingerprint density at radius 3 is 1.83 bits per heavy atom. The van der Waals surface area contributed by atoms with Gasteiger partial charge in [-0.1, -0.05) is 48.5 Å². The molecule has 0 saturated heterocycles. The van der Waals surface area contributed by atoms with E-state index in [4.69, 9.17) is 11.6 Å². The van der Waals surface area contributed by atoms with Crippen LogP contribution in [0.1, 0.15) is 5.56 Å². The van der Waals surface area contributed by atoms with Gasteiger partial charge in [0.1, 0.15) is 0 Å². The fourth-order valence-corrected chi connectivity index (χ4v) is 4.30. The van der Waals surface area contributed by atoms with Crippen molar-refractivity contribution in [1.82, 2.24) is 15.0 Å². The van der Waals surface area contributed by atoms with E-state index in [1.165, 1.54) is 5.39 Å². The summed E-state index contributed by atoms with van der Waals surface area (Å²) in [6, 6.07) is 36.9. The van der Waals surface area contributed by atoms with Crippen LogP contribution in [0.3, 0.4) is 0 Å². The lowest BCUT2D eigenvalue weighted by molar-refractivity contribution is 1.06. The van der Waals surface area contributed by atoms with E-state index in [0.717, 1.165) is 45.1 Å². The molecule has 42 heavy (non-hydrogen) atoms. The Bertz CT molecular complexity index is 1910. The molecule has 10 heteroatoms. The van der Waals surface area contributed by atoms with Crippen LogP contribution in [0.15, 0.2) is 136 Å². The van der Waals surface area contributed by atoms with Gasteiger partial charge in [0.05, 0.1) is 22.7 Å². The molecule has 0 aliphatic heterocycles. The molecule has 0 atom stereocenters. The predicted molar refractivity (Wildman–Crippen MR) is 168 cm³/mol. The van der Waals surface area contributed by atoms with Gasteiger partial charge in [0.25, 0.3) is 0 Å². The van der Waals surface area contributed by atoms with Gasteiger partial charge in [0.2, 0.25) is 17.2 Å². The van der Waals surface area contributed by atoms with Crippen molar-refractivity contribution < 1.29 is 0 Å². The molecule has 0 bridgehead atoms.